The van der Waals surface area contributed by atoms with E-state index >= 15 is 0 Å². The van der Waals surface area contributed by atoms with Crippen LogP contribution >= 0.6 is 0 Å². The number of halogens is 1. The lowest BCUT2D eigenvalue weighted by Gasteiger charge is -2.10. The number of fused-ring (bicyclic) bond motifs is 1. The Balaban J connectivity index is 1.63. The molecule has 0 saturated carbocycles. The number of hydrogen-bond acceptors (Lipinski definition) is 4. The predicted molar refractivity (Wildman–Crippen MR) is 104 cm³/mol. The van der Waals surface area contributed by atoms with Gasteiger partial charge in [0.05, 0.1) is 5.39 Å². The molecule has 0 saturated heterocycles. The molecule has 0 N–H and O–H groups in total. The van der Waals surface area contributed by atoms with Crippen LogP contribution in [-0.4, -0.2) is 0 Å². The highest BCUT2D eigenvalue weighted by Crippen LogP contribution is 2.27. The van der Waals surface area contributed by atoms with Gasteiger partial charge in [0.2, 0.25) is 11.2 Å². The van der Waals surface area contributed by atoms with Crippen LogP contribution in [0.5, 0.6) is 17.2 Å². The average Bonchev–Trinajstić information content (AvgIpc) is 2.71. The molecule has 0 amide bonds. The van der Waals surface area contributed by atoms with Gasteiger partial charge in [-0.1, -0.05) is 36.4 Å². The van der Waals surface area contributed by atoms with Gasteiger partial charge in [-0.15, -0.1) is 0 Å². The molecule has 0 bridgehead atoms. The molecule has 0 spiro atoms. The number of aryl methyl sites for hydroxylation is 1. The fraction of sp³-hybridized carbons (Fsp3) is 0.0870. The minimum Gasteiger partial charge on any atom is -0.489 e. The molecule has 140 valence electrons. The largest absolute Gasteiger partial charge is 0.489 e. The summed E-state index contributed by atoms with van der Waals surface area (Å²) in [6.07, 6.45) is 0. The lowest BCUT2D eigenvalue weighted by atomic mass is 10.2. The highest BCUT2D eigenvalue weighted by molar-refractivity contribution is 5.79. The fourth-order valence-corrected chi connectivity index (χ4v) is 2.86. The monoisotopic (exact) mass is 376 g/mol. The molecule has 0 aliphatic carbocycles. The summed E-state index contributed by atoms with van der Waals surface area (Å²) in [4.78, 5) is 12.8. The van der Waals surface area contributed by atoms with E-state index in [-0.39, 0.29) is 23.6 Å². The molecule has 0 aliphatic heterocycles. The van der Waals surface area contributed by atoms with E-state index < -0.39 is 0 Å². The molecule has 0 radical (unpaired) electrons. The van der Waals surface area contributed by atoms with Gasteiger partial charge in [-0.2, -0.15) is 0 Å². The first-order chi connectivity index (χ1) is 13.6. The zero-order chi connectivity index (χ0) is 19.5. The van der Waals surface area contributed by atoms with E-state index in [9.17, 15) is 9.18 Å². The normalized spacial score (nSPS) is 10.8. The maximum atomic E-state index is 13.7. The van der Waals surface area contributed by atoms with E-state index in [0.717, 1.165) is 0 Å². The molecular weight excluding hydrogens is 359 g/mol. The maximum absolute atomic E-state index is 13.7. The summed E-state index contributed by atoms with van der Waals surface area (Å²) in [5.74, 6) is 1.23. The topological polar surface area (TPSA) is 48.7 Å². The number of ether oxygens (including phenoxy) is 2. The van der Waals surface area contributed by atoms with Gasteiger partial charge in [0.25, 0.3) is 0 Å². The molecular formula is C23H17FO4. The van der Waals surface area contributed by atoms with Crippen molar-refractivity contribution in [2.45, 2.75) is 13.5 Å². The molecule has 3 aromatic carbocycles. The van der Waals surface area contributed by atoms with Crippen LogP contribution in [0.3, 0.4) is 0 Å². The quantitative estimate of drug-likeness (QED) is 0.454. The lowest BCUT2D eigenvalue weighted by Crippen LogP contribution is -2.07. The Kier molecular flexibility index (Phi) is 4.81. The van der Waals surface area contributed by atoms with Crippen molar-refractivity contribution in [2.75, 3.05) is 0 Å². The third-order valence-corrected chi connectivity index (χ3v) is 4.30. The fourth-order valence-electron chi connectivity index (χ4n) is 2.86. The van der Waals surface area contributed by atoms with Crippen LogP contribution in [0, 0.1) is 12.7 Å². The highest BCUT2D eigenvalue weighted by Gasteiger charge is 2.14. The summed E-state index contributed by atoms with van der Waals surface area (Å²) in [6.45, 7) is 1.75. The molecule has 4 rings (SSSR count). The number of rotatable bonds is 5. The van der Waals surface area contributed by atoms with Crippen LogP contribution in [0.15, 0.2) is 82.0 Å². The summed E-state index contributed by atoms with van der Waals surface area (Å²) < 4.78 is 30.9. The zero-order valence-electron chi connectivity index (χ0n) is 15.1. The SMILES string of the molecule is Cc1oc2cc(OCc3ccccc3F)ccc2c(=O)c1Oc1ccccc1. The van der Waals surface area contributed by atoms with Gasteiger partial charge in [0, 0.05) is 11.6 Å². The lowest BCUT2D eigenvalue weighted by molar-refractivity contribution is 0.299. The van der Waals surface area contributed by atoms with Crippen LogP contribution < -0.4 is 14.9 Å². The Morgan fingerprint density at radius 2 is 1.68 bits per heavy atom. The van der Waals surface area contributed by atoms with Gasteiger partial charge in [0.15, 0.2) is 0 Å². The molecule has 28 heavy (non-hydrogen) atoms. The number of benzene rings is 3. The standard InChI is InChI=1S/C23H17FO4/c1-15-23(28-17-8-3-2-4-9-17)22(25)19-12-11-18(13-21(19)27-15)26-14-16-7-5-6-10-20(16)24/h2-13H,14H2,1H3. The van der Waals surface area contributed by atoms with Crippen molar-refractivity contribution >= 4 is 11.0 Å². The molecule has 1 aromatic heterocycles. The first kappa shape index (κ1) is 17.8. The van der Waals surface area contributed by atoms with Gasteiger partial charge in [-0.25, -0.2) is 4.39 Å². The third-order valence-electron chi connectivity index (χ3n) is 4.30. The van der Waals surface area contributed by atoms with Crippen LogP contribution in [0.25, 0.3) is 11.0 Å². The Morgan fingerprint density at radius 1 is 0.929 bits per heavy atom. The Morgan fingerprint density at radius 3 is 2.46 bits per heavy atom. The molecule has 0 unspecified atom stereocenters. The average molecular weight is 376 g/mol. The highest BCUT2D eigenvalue weighted by atomic mass is 19.1. The minimum absolute atomic E-state index is 0.0800. The first-order valence-electron chi connectivity index (χ1n) is 8.78. The van der Waals surface area contributed by atoms with E-state index in [0.29, 0.717) is 33.8 Å². The third kappa shape index (κ3) is 3.60. The molecule has 0 atom stereocenters. The van der Waals surface area contributed by atoms with E-state index in [1.165, 1.54) is 6.07 Å². The van der Waals surface area contributed by atoms with Crippen LogP contribution in [-0.2, 0) is 6.61 Å². The predicted octanol–water partition coefficient (Wildman–Crippen LogP) is 5.61. The summed E-state index contributed by atoms with van der Waals surface area (Å²) in [7, 11) is 0. The Labute approximate surface area is 160 Å². The second-order valence-electron chi connectivity index (χ2n) is 6.27. The summed E-state index contributed by atoms with van der Waals surface area (Å²) in [5, 5.41) is 0.384. The Hall–Kier alpha value is -3.60. The number of para-hydroxylation sites is 1. The van der Waals surface area contributed by atoms with Crippen molar-refractivity contribution in [3.63, 3.8) is 0 Å². The second kappa shape index (κ2) is 7.56. The van der Waals surface area contributed by atoms with Gasteiger partial charge >= 0.3 is 0 Å². The van der Waals surface area contributed by atoms with Crippen molar-refractivity contribution in [1.29, 1.82) is 0 Å². The van der Waals surface area contributed by atoms with E-state index in [4.69, 9.17) is 13.9 Å². The summed E-state index contributed by atoms with van der Waals surface area (Å²) in [5.41, 5.74) is 0.573. The van der Waals surface area contributed by atoms with Gasteiger partial charge in [0.1, 0.15) is 35.3 Å². The van der Waals surface area contributed by atoms with Gasteiger partial charge < -0.3 is 13.9 Å². The zero-order valence-corrected chi connectivity index (χ0v) is 15.1. The van der Waals surface area contributed by atoms with E-state index in [1.54, 1.807) is 55.5 Å². The number of hydrogen-bond donors (Lipinski definition) is 0. The minimum atomic E-state index is -0.326. The van der Waals surface area contributed by atoms with Crippen molar-refractivity contribution < 1.29 is 18.3 Å². The Bertz CT molecular complexity index is 1180. The van der Waals surface area contributed by atoms with Crippen molar-refractivity contribution in [2.24, 2.45) is 0 Å². The molecule has 1 heterocycles. The summed E-state index contributed by atoms with van der Waals surface area (Å²) in [6, 6.07) is 20.4. The van der Waals surface area contributed by atoms with Crippen LogP contribution in [0.1, 0.15) is 11.3 Å². The van der Waals surface area contributed by atoms with Gasteiger partial charge in [-0.05, 0) is 37.3 Å². The van der Waals surface area contributed by atoms with Crippen molar-refractivity contribution in [3.8, 4) is 17.2 Å². The summed E-state index contributed by atoms with van der Waals surface area (Å²) >= 11 is 0. The molecule has 0 aliphatic rings. The first-order valence-corrected chi connectivity index (χ1v) is 8.78. The smallest absolute Gasteiger partial charge is 0.235 e. The molecule has 0 fully saturated rings. The van der Waals surface area contributed by atoms with Crippen molar-refractivity contribution in [1.82, 2.24) is 0 Å². The van der Waals surface area contributed by atoms with Gasteiger partial charge in [-0.3, -0.25) is 4.79 Å². The van der Waals surface area contributed by atoms with Crippen LogP contribution in [0.4, 0.5) is 4.39 Å². The van der Waals surface area contributed by atoms with Crippen molar-refractivity contribution in [3.05, 3.63) is 100 Å². The molecule has 4 nitrogen and oxygen atoms in total. The molecule has 4 aromatic rings. The maximum Gasteiger partial charge on any atom is 0.235 e. The van der Waals surface area contributed by atoms with Crippen LogP contribution in [0.2, 0.25) is 0 Å². The van der Waals surface area contributed by atoms with E-state index in [1.807, 2.05) is 18.2 Å². The van der Waals surface area contributed by atoms with E-state index in [2.05, 4.69) is 0 Å². The molecule has 5 heteroatoms. The second-order valence-corrected chi connectivity index (χ2v) is 6.27.